The van der Waals surface area contributed by atoms with Gasteiger partial charge in [0.15, 0.2) is 5.06 Å². The van der Waals surface area contributed by atoms with Crippen molar-refractivity contribution in [1.29, 1.82) is 0 Å². The van der Waals surface area contributed by atoms with Gasteiger partial charge in [-0.25, -0.2) is 0 Å². The zero-order valence-electron chi connectivity index (χ0n) is 23.8. The quantitative estimate of drug-likeness (QED) is 0.104. The first-order chi connectivity index (χ1) is 17.9. The Balaban J connectivity index is 3.06. The van der Waals surface area contributed by atoms with Crippen LogP contribution in [0.2, 0.25) is 0 Å². The number of rotatable bonds is 22. The second kappa shape index (κ2) is 20.0. The Bertz CT molecular complexity index is 844. The molecule has 0 radical (unpaired) electrons. The van der Waals surface area contributed by atoms with E-state index in [2.05, 4.69) is 19.1 Å². The van der Waals surface area contributed by atoms with Crippen LogP contribution in [-0.4, -0.2) is 26.4 Å². The third kappa shape index (κ3) is 12.6. The van der Waals surface area contributed by atoms with Gasteiger partial charge in [0.05, 0.1) is 26.4 Å². The molecule has 0 heterocycles. The van der Waals surface area contributed by atoms with Crippen LogP contribution in [0.25, 0.3) is 12.2 Å². The van der Waals surface area contributed by atoms with Crippen molar-refractivity contribution < 1.29 is 27.2 Å². The molecule has 0 spiro atoms. The molecule has 1 rings (SSSR count). The predicted octanol–water partition coefficient (Wildman–Crippen LogP) is 10.5. The maximum atomic E-state index is 13.8. The van der Waals surface area contributed by atoms with Crippen LogP contribution in [0.3, 0.4) is 0 Å². The lowest BCUT2D eigenvalue weighted by Gasteiger charge is -2.26. The Labute approximate surface area is 226 Å². The first-order valence-corrected chi connectivity index (χ1v) is 17.3. The maximum absolute atomic E-state index is 13.8. The number of benzene rings is 1. The Morgan fingerprint density at radius 2 is 1.08 bits per heavy atom. The molecule has 37 heavy (non-hydrogen) atoms. The molecule has 0 atom stereocenters. The van der Waals surface area contributed by atoms with E-state index >= 15 is 0 Å². The molecule has 0 unspecified atom stereocenters. The van der Waals surface area contributed by atoms with Gasteiger partial charge in [-0.05, 0) is 57.7 Å². The molecule has 0 aliphatic carbocycles. The van der Waals surface area contributed by atoms with E-state index in [1.807, 2.05) is 24.3 Å². The monoisotopic (exact) mass is 556 g/mol. The molecule has 0 amide bonds. The van der Waals surface area contributed by atoms with E-state index in [0.717, 1.165) is 24.0 Å². The molecule has 0 fully saturated rings. The molecular formula is C29H50O6P2. The fourth-order valence-corrected chi connectivity index (χ4v) is 8.57. The van der Waals surface area contributed by atoms with Gasteiger partial charge >= 0.3 is 15.2 Å². The Morgan fingerprint density at radius 1 is 0.649 bits per heavy atom. The highest BCUT2D eigenvalue weighted by atomic mass is 31.2. The molecular weight excluding hydrogens is 506 g/mol. The van der Waals surface area contributed by atoms with Crippen molar-refractivity contribution in [2.45, 2.75) is 98.8 Å². The minimum atomic E-state index is -3.93. The van der Waals surface area contributed by atoms with Crippen LogP contribution >= 0.6 is 15.2 Å². The van der Waals surface area contributed by atoms with Crippen molar-refractivity contribution in [3.8, 4) is 0 Å². The molecule has 1 aromatic carbocycles. The molecule has 0 saturated heterocycles. The normalized spacial score (nSPS) is 12.4. The van der Waals surface area contributed by atoms with Crippen LogP contribution in [0, 0.1) is 0 Å². The molecule has 0 aromatic heterocycles. The minimum Gasteiger partial charge on any atom is -0.305 e. The van der Waals surface area contributed by atoms with Gasteiger partial charge in [-0.15, -0.1) is 0 Å². The summed E-state index contributed by atoms with van der Waals surface area (Å²) < 4.78 is 49.9. The summed E-state index contributed by atoms with van der Waals surface area (Å²) in [6, 6.07) is 7.71. The highest BCUT2D eigenvalue weighted by Gasteiger charge is 2.45. The molecule has 6 nitrogen and oxygen atoms in total. The lowest BCUT2D eigenvalue weighted by Crippen LogP contribution is -2.05. The highest BCUT2D eigenvalue weighted by molar-refractivity contribution is 7.79. The standard InChI is InChI=1S/C29H50O6P2/c1-6-11-12-13-14-15-16-17-18-19-20-23-27-24-21-22-25-28(27)26-29(36(30,32-7-2)33-8-3)37(31,34-9-4)35-10-5/h20-26H,6-19H2,1-5H3. The summed E-state index contributed by atoms with van der Waals surface area (Å²) in [7, 11) is -7.86. The van der Waals surface area contributed by atoms with Gasteiger partial charge < -0.3 is 18.1 Å². The third-order valence-electron chi connectivity index (χ3n) is 5.81. The fourth-order valence-electron chi connectivity index (χ4n) is 4.04. The van der Waals surface area contributed by atoms with Gasteiger partial charge in [-0.3, -0.25) is 9.13 Å². The average Bonchev–Trinajstić information content (AvgIpc) is 2.87. The van der Waals surface area contributed by atoms with E-state index in [1.54, 1.807) is 33.8 Å². The molecule has 0 bridgehead atoms. The summed E-state index contributed by atoms with van der Waals surface area (Å²) >= 11 is 0. The smallest absolute Gasteiger partial charge is 0.305 e. The number of hydrogen-bond donors (Lipinski definition) is 0. The van der Waals surface area contributed by atoms with Crippen molar-refractivity contribution in [2.24, 2.45) is 0 Å². The molecule has 1 aromatic rings. The van der Waals surface area contributed by atoms with E-state index in [0.29, 0.717) is 0 Å². The Hall–Kier alpha value is -1.00. The molecule has 0 N–H and O–H groups in total. The van der Waals surface area contributed by atoms with Crippen molar-refractivity contribution >= 4 is 27.3 Å². The maximum Gasteiger partial charge on any atom is 0.369 e. The van der Waals surface area contributed by atoms with Gasteiger partial charge in [0.1, 0.15) is 0 Å². The molecule has 0 aliphatic heterocycles. The van der Waals surface area contributed by atoms with Crippen LogP contribution in [0.15, 0.2) is 35.4 Å². The van der Waals surface area contributed by atoms with Crippen LogP contribution < -0.4 is 0 Å². The van der Waals surface area contributed by atoms with Crippen LogP contribution in [0.1, 0.15) is 110 Å². The summed E-state index contributed by atoms with van der Waals surface area (Å²) in [4.78, 5) is 0. The lowest BCUT2D eigenvalue weighted by atomic mass is 10.0. The van der Waals surface area contributed by atoms with E-state index in [4.69, 9.17) is 18.1 Å². The molecule has 0 aliphatic rings. The van der Waals surface area contributed by atoms with Crippen LogP contribution in [0.4, 0.5) is 0 Å². The van der Waals surface area contributed by atoms with Gasteiger partial charge in [0.2, 0.25) is 0 Å². The van der Waals surface area contributed by atoms with Gasteiger partial charge in [-0.2, -0.15) is 0 Å². The number of unbranched alkanes of at least 4 members (excludes halogenated alkanes) is 9. The summed E-state index contributed by atoms with van der Waals surface area (Å²) in [5.41, 5.74) is 1.68. The molecule has 212 valence electrons. The summed E-state index contributed by atoms with van der Waals surface area (Å²) in [5, 5.41) is -0.0628. The highest BCUT2D eigenvalue weighted by Crippen LogP contribution is 2.74. The summed E-state index contributed by atoms with van der Waals surface area (Å²) in [6.45, 7) is 9.66. The largest absolute Gasteiger partial charge is 0.369 e. The zero-order valence-corrected chi connectivity index (χ0v) is 25.6. The molecule has 0 saturated carbocycles. The van der Waals surface area contributed by atoms with Gasteiger partial charge in [-0.1, -0.05) is 94.7 Å². The van der Waals surface area contributed by atoms with Crippen molar-refractivity contribution in [3.05, 3.63) is 46.5 Å². The SMILES string of the molecule is CCCCCCCCCCCC=Cc1ccccc1C=C(P(=O)(OCC)OCC)P(=O)(OCC)OCC. The van der Waals surface area contributed by atoms with Crippen LogP contribution in [0.5, 0.6) is 0 Å². The lowest BCUT2D eigenvalue weighted by molar-refractivity contribution is 0.214. The zero-order chi connectivity index (χ0) is 27.4. The second-order valence-corrected chi connectivity index (χ2v) is 13.2. The Morgan fingerprint density at radius 3 is 1.54 bits per heavy atom. The van der Waals surface area contributed by atoms with Gasteiger partial charge in [0, 0.05) is 0 Å². The fraction of sp³-hybridized carbons (Fsp3) is 0.655. The first kappa shape index (κ1) is 34.0. The number of allylic oxidation sites excluding steroid dienone is 1. The van der Waals surface area contributed by atoms with Gasteiger partial charge in [0.25, 0.3) is 0 Å². The predicted molar refractivity (Wildman–Crippen MR) is 157 cm³/mol. The Kier molecular flexibility index (Phi) is 18.4. The van der Waals surface area contributed by atoms with Crippen LogP contribution in [-0.2, 0) is 27.2 Å². The van der Waals surface area contributed by atoms with E-state index < -0.39 is 15.2 Å². The second-order valence-electron chi connectivity index (χ2n) is 8.82. The van der Waals surface area contributed by atoms with Crippen molar-refractivity contribution in [1.82, 2.24) is 0 Å². The summed E-state index contributed by atoms with van der Waals surface area (Å²) in [6.07, 6.45) is 18.6. The minimum absolute atomic E-state index is 0.0628. The van der Waals surface area contributed by atoms with E-state index in [-0.39, 0.29) is 31.5 Å². The van der Waals surface area contributed by atoms with E-state index in [1.165, 1.54) is 51.4 Å². The van der Waals surface area contributed by atoms with E-state index in [9.17, 15) is 9.13 Å². The topological polar surface area (TPSA) is 71.1 Å². The molecule has 8 heteroatoms. The van der Waals surface area contributed by atoms with Crippen molar-refractivity contribution in [3.63, 3.8) is 0 Å². The average molecular weight is 557 g/mol. The number of hydrogen-bond acceptors (Lipinski definition) is 6. The summed E-state index contributed by atoms with van der Waals surface area (Å²) in [5.74, 6) is 0. The third-order valence-corrected chi connectivity index (χ3v) is 11.1. The van der Waals surface area contributed by atoms with Crippen molar-refractivity contribution in [2.75, 3.05) is 26.4 Å². The first-order valence-electron chi connectivity index (χ1n) is 14.2.